The largest absolute Gasteiger partial charge is 1.00 e. The number of aliphatic carboxylic acids is 1. The molecule has 1 amide bonds. The fourth-order valence-corrected chi connectivity index (χ4v) is 3.40. The topological polar surface area (TPSA) is 184 Å². The maximum atomic E-state index is 12.2. The Balaban J connectivity index is -0.00000264. The van der Waals surface area contributed by atoms with E-state index in [1.807, 2.05) is 0 Å². The van der Waals surface area contributed by atoms with Crippen molar-refractivity contribution in [2.75, 3.05) is 5.75 Å². The van der Waals surface area contributed by atoms with Crippen molar-refractivity contribution in [2.24, 2.45) is 23.3 Å². The van der Waals surface area contributed by atoms with E-state index in [1.165, 1.54) is 6.92 Å². The molecule has 0 aromatic rings. The van der Waals surface area contributed by atoms with E-state index in [0.29, 0.717) is 6.42 Å². The normalized spacial score (nSPS) is 15.5. The van der Waals surface area contributed by atoms with Gasteiger partial charge in [0.05, 0.1) is 21.4 Å². The summed E-state index contributed by atoms with van der Waals surface area (Å²) >= 11 is 0. The number of hydrogen-bond donors (Lipinski definition) is 2. The van der Waals surface area contributed by atoms with Gasteiger partial charge in [0.2, 0.25) is 5.91 Å². The van der Waals surface area contributed by atoms with Crippen molar-refractivity contribution in [1.29, 1.82) is 0 Å². The molecule has 12 heteroatoms. The van der Waals surface area contributed by atoms with Gasteiger partial charge in [-0.2, -0.15) is 0 Å². The summed E-state index contributed by atoms with van der Waals surface area (Å²) in [4.78, 5) is 34.5. The summed E-state index contributed by atoms with van der Waals surface area (Å²) in [6, 6.07) is 0. The van der Waals surface area contributed by atoms with Gasteiger partial charge in [0, 0.05) is 18.3 Å². The standard InChI is InChI=1S/C14H26N2O7S.2Na/c1-3-9(12(15)18)7-10(13(19)20)5-6-11(17)14(16,4-2)8-24(21,22)23;;/h9-10H,3-8,16H2,1-2H3,(H2,15,18)(H,19,20)(H,21,22,23);;/q;2*+1/p-2/t9?,10?,14-;;/m0../s1. The Kier molecular flexibility index (Phi) is 16.3. The molecule has 0 heterocycles. The third kappa shape index (κ3) is 11.4. The van der Waals surface area contributed by atoms with Gasteiger partial charge in [-0.05, 0) is 31.6 Å². The van der Waals surface area contributed by atoms with Crippen molar-refractivity contribution in [3.63, 3.8) is 0 Å². The minimum absolute atomic E-state index is 0. The van der Waals surface area contributed by atoms with Crippen LogP contribution in [0.3, 0.4) is 0 Å². The Bertz CT molecular complexity index is 586. The Hall–Kier alpha value is 0.480. The number of carbonyl (C=O) groups excluding carboxylic acids is 3. The SMILES string of the molecule is CCC(CC(CCC(=O)[C@](N)(CC)CS(=O)(=O)[O-])C(=O)[O-])C(N)=O.[Na+].[Na+]. The quantitative estimate of drug-likeness (QED) is 0.235. The number of carboxylic acid groups (broad SMARTS) is 1. The zero-order valence-corrected chi connectivity index (χ0v) is 20.6. The number of carboxylic acids is 1. The van der Waals surface area contributed by atoms with Crippen molar-refractivity contribution >= 4 is 27.8 Å². The van der Waals surface area contributed by atoms with E-state index >= 15 is 0 Å². The summed E-state index contributed by atoms with van der Waals surface area (Å²) in [6.07, 6.45) is -0.332. The van der Waals surface area contributed by atoms with Gasteiger partial charge in [0.25, 0.3) is 0 Å². The fraction of sp³-hybridized carbons (Fsp3) is 0.786. The van der Waals surface area contributed by atoms with Gasteiger partial charge in [0.1, 0.15) is 0 Å². The molecular weight excluding hydrogens is 386 g/mol. The molecule has 26 heavy (non-hydrogen) atoms. The molecule has 0 fully saturated rings. The van der Waals surface area contributed by atoms with E-state index in [1.54, 1.807) is 6.92 Å². The zero-order chi connectivity index (χ0) is 19.1. The maximum absolute atomic E-state index is 12.2. The third-order valence-corrected chi connectivity index (χ3v) is 5.01. The Morgan fingerprint density at radius 2 is 1.62 bits per heavy atom. The van der Waals surface area contributed by atoms with Crippen molar-refractivity contribution in [3.8, 4) is 0 Å². The summed E-state index contributed by atoms with van der Waals surface area (Å²) in [6.45, 7) is 3.13. The second-order valence-corrected chi connectivity index (χ2v) is 7.34. The molecule has 0 aromatic heterocycles. The number of nitrogens with two attached hydrogens (primary N) is 2. The zero-order valence-electron chi connectivity index (χ0n) is 15.8. The number of Topliss-reactive ketones (excluding diaryl/α,β-unsaturated/α-hetero) is 1. The molecule has 0 rings (SSSR count). The Labute approximate surface area is 198 Å². The number of rotatable bonds is 12. The summed E-state index contributed by atoms with van der Waals surface area (Å²) in [7, 11) is -4.71. The van der Waals surface area contributed by atoms with E-state index in [9.17, 15) is 32.5 Å². The van der Waals surface area contributed by atoms with Gasteiger partial charge in [0.15, 0.2) is 5.78 Å². The van der Waals surface area contributed by atoms with Crippen molar-refractivity contribution in [1.82, 2.24) is 0 Å². The second kappa shape index (κ2) is 13.6. The molecule has 0 spiro atoms. The number of ketones is 1. The first-order chi connectivity index (χ1) is 10.9. The van der Waals surface area contributed by atoms with Crippen LogP contribution in [-0.4, -0.2) is 41.9 Å². The number of amides is 1. The van der Waals surface area contributed by atoms with Gasteiger partial charge in [-0.25, -0.2) is 8.42 Å². The van der Waals surface area contributed by atoms with Crippen LogP contribution in [0, 0.1) is 11.8 Å². The van der Waals surface area contributed by atoms with Crippen LogP contribution >= 0.6 is 0 Å². The summed E-state index contributed by atoms with van der Waals surface area (Å²) in [5.74, 6) is -5.62. The van der Waals surface area contributed by atoms with Gasteiger partial charge in [-0.3, -0.25) is 9.59 Å². The van der Waals surface area contributed by atoms with Crippen LogP contribution < -0.4 is 75.7 Å². The molecule has 0 aliphatic carbocycles. The fourth-order valence-electron chi connectivity index (χ4n) is 2.41. The molecule has 3 atom stereocenters. The van der Waals surface area contributed by atoms with Crippen LogP contribution in [0.15, 0.2) is 0 Å². The van der Waals surface area contributed by atoms with Crippen molar-refractivity contribution in [2.45, 2.75) is 51.5 Å². The molecule has 0 aliphatic rings. The number of carbonyl (C=O) groups is 3. The number of primary amides is 1. The average Bonchev–Trinajstić information content (AvgIpc) is 2.44. The van der Waals surface area contributed by atoms with Crippen molar-refractivity contribution in [3.05, 3.63) is 0 Å². The molecule has 2 unspecified atom stereocenters. The van der Waals surface area contributed by atoms with Gasteiger partial charge < -0.3 is 25.9 Å². The smallest absolute Gasteiger partial charge is 0.748 e. The molecule has 4 N–H and O–H groups in total. The maximum Gasteiger partial charge on any atom is 1.00 e. The predicted octanol–water partition coefficient (Wildman–Crippen LogP) is -7.74. The van der Waals surface area contributed by atoms with Crippen LogP contribution in [-0.2, 0) is 24.5 Å². The number of hydrogen-bond acceptors (Lipinski definition) is 8. The third-order valence-electron chi connectivity index (χ3n) is 4.14. The minimum atomic E-state index is -4.71. The van der Waals surface area contributed by atoms with E-state index < -0.39 is 50.9 Å². The monoisotopic (exact) mass is 410 g/mol. The molecule has 0 bridgehead atoms. The van der Waals surface area contributed by atoms with E-state index in [4.69, 9.17) is 11.5 Å². The molecule has 140 valence electrons. The summed E-state index contributed by atoms with van der Waals surface area (Å²) < 4.78 is 32.6. The molecule has 0 aromatic carbocycles. The van der Waals surface area contributed by atoms with E-state index in [0.717, 1.165) is 0 Å². The molecule has 9 nitrogen and oxygen atoms in total. The van der Waals surface area contributed by atoms with Crippen LogP contribution in [0.4, 0.5) is 0 Å². The summed E-state index contributed by atoms with van der Waals surface area (Å²) in [5, 5.41) is 11.2. The second-order valence-electron chi connectivity index (χ2n) is 5.93. The van der Waals surface area contributed by atoms with Crippen LogP contribution in [0.25, 0.3) is 0 Å². The van der Waals surface area contributed by atoms with E-state index in [-0.39, 0.29) is 84.8 Å². The van der Waals surface area contributed by atoms with Crippen molar-refractivity contribution < 1.29 is 91.6 Å². The van der Waals surface area contributed by atoms with E-state index in [2.05, 4.69) is 0 Å². The van der Waals surface area contributed by atoms with Crippen LogP contribution in [0.1, 0.15) is 46.0 Å². The molecule has 0 saturated heterocycles. The molecular formula is C14H24N2Na2O7S. The average molecular weight is 410 g/mol. The van der Waals surface area contributed by atoms with Gasteiger partial charge >= 0.3 is 59.1 Å². The van der Waals surface area contributed by atoms with Gasteiger partial charge in [-0.15, -0.1) is 0 Å². The Morgan fingerprint density at radius 3 is 1.92 bits per heavy atom. The minimum Gasteiger partial charge on any atom is -0.748 e. The summed E-state index contributed by atoms with van der Waals surface area (Å²) in [5.41, 5.74) is 9.01. The van der Waals surface area contributed by atoms with Crippen LogP contribution in [0.5, 0.6) is 0 Å². The first-order valence-corrected chi connectivity index (χ1v) is 9.20. The molecule has 0 aliphatic heterocycles. The first-order valence-electron chi connectivity index (χ1n) is 7.62. The first kappa shape index (κ1) is 31.2. The van der Waals surface area contributed by atoms with Gasteiger partial charge in [-0.1, -0.05) is 13.8 Å². The van der Waals surface area contributed by atoms with Crippen LogP contribution in [0.2, 0.25) is 0 Å². The Morgan fingerprint density at radius 1 is 1.12 bits per heavy atom. The predicted molar refractivity (Wildman–Crippen MR) is 82.1 cm³/mol. The molecule has 0 saturated carbocycles. The molecule has 0 radical (unpaired) electrons.